The number of unbranched alkanes of at least 4 members (excludes halogenated alkanes) is 1. The molecule has 0 radical (unpaired) electrons. The van der Waals surface area contributed by atoms with Crippen LogP contribution < -0.4 is 9.47 Å². The summed E-state index contributed by atoms with van der Waals surface area (Å²) in [6.07, 6.45) is 2.35. The first kappa shape index (κ1) is 30.3. The summed E-state index contributed by atoms with van der Waals surface area (Å²) in [5.41, 5.74) is 5.81. The molecule has 0 heterocycles. The number of hydrogen-bond acceptors (Lipinski definition) is 5. The lowest BCUT2D eigenvalue weighted by Crippen LogP contribution is -2.27. The number of ether oxygens (including phenoxy) is 2. The molecule has 2 N–H and O–H groups in total. The molecule has 0 aliphatic heterocycles. The number of carboxylic acids is 2. The molecule has 4 aromatic rings. The van der Waals surface area contributed by atoms with Crippen molar-refractivity contribution in [1.82, 2.24) is 4.90 Å². The fourth-order valence-corrected chi connectivity index (χ4v) is 4.80. The Hall–Kier alpha value is -4.62. The van der Waals surface area contributed by atoms with Crippen molar-refractivity contribution in [3.05, 3.63) is 119 Å². The Morgan fingerprint density at radius 3 is 1.93 bits per heavy atom. The van der Waals surface area contributed by atoms with Crippen LogP contribution in [0.25, 0.3) is 11.1 Å². The first-order chi connectivity index (χ1) is 20.4. The van der Waals surface area contributed by atoms with Gasteiger partial charge < -0.3 is 19.7 Å². The molecule has 0 unspecified atom stereocenters. The standard InChI is InChI=1S/C35H37NO6/c1-41-32-17-13-28(14-18-32)29-15-19-33(20-16-29)42-25-31-7-3-2-6-27(31)21-23-36(22-5-4-8-34(37)38)24-26-9-11-30(12-10-26)35(39)40/h2-3,6-7,9-20H,4-5,8,21-25H2,1H3,(H,37,38)(H,39,40). The average Bonchev–Trinajstić information content (AvgIpc) is 3.01. The number of aromatic carboxylic acids is 1. The van der Waals surface area contributed by atoms with Crippen molar-refractivity contribution in [2.45, 2.75) is 38.8 Å². The van der Waals surface area contributed by atoms with Crippen LogP contribution in [-0.4, -0.2) is 47.3 Å². The van der Waals surface area contributed by atoms with Crippen LogP contribution >= 0.6 is 0 Å². The predicted molar refractivity (Wildman–Crippen MR) is 163 cm³/mol. The van der Waals surface area contributed by atoms with E-state index in [1.165, 1.54) is 5.56 Å². The molecule has 218 valence electrons. The molecule has 7 nitrogen and oxygen atoms in total. The zero-order valence-electron chi connectivity index (χ0n) is 23.9. The van der Waals surface area contributed by atoms with E-state index in [1.807, 2.05) is 72.8 Å². The summed E-state index contributed by atoms with van der Waals surface area (Å²) in [5, 5.41) is 18.2. The minimum Gasteiger partial charge on any atom is -0.497 e. The van der Waals surface area contributed by atoms with E-state index >= 15 is 0 Å². The second-order valence-corrected chi connectivity index (χ2v) is 10.2. The molecular formula is C35H37NO6. The number of nitrogens with zero attached hydrogens (tertiary/aromatic N) is 1. The zero-order valence-corrected chi connectivity index (χ0v) is 23.9. The highest BCUT2D eigenvalue weighted by Gasteiger charge is 2.11. The third-order valence-corrected chi connectivity index (χ3v) is 7.21. The number of aliphatic carboxylic acids is 1. The summed E-state index contributed by atoms with van der Waals surface area (Å²) >= 11 is 0. The number of carbonyl (C=O) groups is 2. The van der Waals surface area contributed by atoms with Crippen LogP contribution in [0.5, 0.6) is 11.5 Å². The maximum absolute atomic E-state index is 11.2. The second-order valence-electron chi connectivity index (χ2n) is 10.2. The van der Waals surface area contributed by atoms with Crippen LogP contribution in [0.3, 0.4) is 0 Å². The fraction of sp³-hybridized carbons (Fsp3) is 0.257. The lowest BCUT2D eigenvalue weighted by Gasteiger charge is -2.23. The van der Waals surface area contributed by atoms with Gasteiger partial charge in [0.1, 0.15) is 18.1 Å². The SMILES string of the molecule is COc1ccc(-c2ccc(OCc3ccccc3CCN(CCCCC(=O)O)Cc3ccc(C(=O)O)cc3)cc2)cc1. The first-order valence-corrected chi connectivity index (χ1v) is 14.1. The van der Waals surface area contributed by atoms with Gasteiger partial charge in [-0.25, -0.2) is 4.79 Å². The Bertz CT molecular complexity index is 1430. The molecule has 0 bridgehead atoms. The van der Waals surface area contributed by atoms with E-state index in [0.717, 1.165) is 59.7 Å². The van der Waals surface area contributed by atoms with Gasteiger partial charge in [-0.3, -0.25) is 9.69 Å². The number of hydrogen-bond donors (Lipinski definition) is 2. The van der Waals surface area contributed by atoms with Gasteiger partial charge in [-0.05, 0) is 90.0 Å². The molecule has 0 atom stereocenters. The van der Waals surface area contributed by atoms with Gasteiger partial charge in [-0.2, -0.15) is 0 Å². The average molecular weight is 568 g/mol. The maximum atomic E-state index is 11.2. The Balaban J connectivity index is 1.37. The van der Waals surface area contributed by atoms with E-state index in [-0.39, 0.29) is 12.0 Å². The molecule has 0 saturated heterocycles. The maximum Gasteiger partial charge on any atom is 0.335 e. The molecular weight excluding hydrogens is 530 g/mol. The molecule has 7 heteroatoms. The van der Waals surface area contributed by atoms with Gasteiger partial charge in [0.2, 0.25) is 0 Å². The fourth-order valence-electron chi connectivity index (χ4n) is 4.80. The lowest BCUT2D eigenvalue weighted by molar-refractivity contribution is -0.137. The second kappa shape index (κ2) is 15.4. The van der Waals surface area contributed by atoms with Crippen molar-refractivity contribution in [3.8, 4) is 22.6 Å². The summed E-state index contributed by atoms with van der Waals surface area (Å²) in [6, 6.07) is 31.2. The molecule has 0 amide bonds. The van der Waals surface area contributed by atoms with Crippen LogP contribution in [0, 0.1) is 0 Å². The van der Waals surface area contributed by atoms with E-state index in [9.17, 15) is 14.7 Å². The van der Waals surface area contributed by atoms with Gasteiger partial charge in [-0.1, -0.05) is 60.7 Å². The van der Waals surface area contributed by atoms with Crippen molar-refractivity contribution < 1.29 is 29.3 Å². The molecule has 0 aromatic heterocycles. The van der Waals surface area contributed by atoms with Crippen LogP contribution in [0.1, 0.15) is 46.3 Å². The van der Waals surface area contributed by atoms with E-state index in [0.29, 0.717) is 19.6 Å². The molecule has 0 aliphatic rings. The van der Waals surface area contributed by atoms with Gasteiger partial charge in [0.05, 0.1) is 12.7 Å². The number of rotatable bonds is 16. The number of carboxylic acid groups (broad SMARTS) is 2. The third kappa shape index (κ3) is 9.21. The minimum atomic E-state index is -0.945. The van der Waals surface area contributed by atoms with Crippen molar-refractivity contribution in [2.75, 3.05) is 20.2 Å². The van der Waals surface area contributed by atoms with E-state index < -0.39 is 11.9 Å². The van der Waals surface area contributed by atoms with Crippen molar-refractivity contribution >= 4 is 11.9 Å². The van der Waals surface area contributed by atoms with Crippen LogP contribution in [-0.2, 0) is 24.4 Å². The predicted octanol–water partition coefficient (Wildman–Crippen LogP) is 6.94. The minimum absolute atomic E-state index is 0.155. The Labute approximate surface area is 247 Å². The smallest absolute Gasteiger partial charge is 0.335 e. The van der Waals surface area contributed by atoms with Gasteiger partial charge >= 0.3 is 11.9 Å². The van der Waals surface area contributed by atoms with E-state index in [1.54, 1.807) is 19.2 Å². The highest BCUT2D eigenvalue weighted by atomic mass is 16.5. The highest BCUT2D eigenvalue weighted by molar-refractivity contribution is 5.87. The molecule has 42 heavy (non-hydrogen) atoms. The summed E-state index contributed by atoms with van der Waals surface area (Å²) in [6.45, 7) is 2.65. The topological polar surface area (TPSA) is 96.3 Å². The van der Waals surface area contributed by atoms with E-state index in [4.69, 9.17) is 14.6 Å². The van der Waals surface area contributed by atoms with Gasteiger partial charge in [0, 0.05) is 19.5 Å². The Morgan fingerprint density at radius 1 is 0.714 bits per heavy atom. The molecule has 0 aliphatic carbocycles. The number of benzene rings is 4. The molecule has 0 fully saturated rings. The first-order valence-electron chi connectivity index (χ1n) is 14.1. The quantitative estimate of drug-likeness (QED) is 0.142. The lowest BCUT2D eigenvalue weighted by atomic mass is 10.0. The zero-order chi connectivity index (χ0) is 29.7. The Morgan fingerprint density at radius 2 is 1.33 bits per heavy atom. The van der Waals surface area contributed by atoms with Gasteiger partial charge in [0.25, 0.3) is 0 Å². The molecule has 4 aromatic carbocycles. The van der Waals surface area contributed by atoms with Gasteiger partial charge in [-0.15, -0.1) is 0 Å². The Kier molecular flexibility index (Phi) is 11.1. The molecule has 0 spiro atoms. The normalized spacial score (nSPS) is 10.9. The monoisotopic (exact) mass is 567 g/mol. The van der Waals surface area contributed by atoms with Crippen LogP contribution in [0.2, 0.25) is 0 Å². The van der Waals surface area contributed by atoms with Crippen molar-refractivity contribution in [1.29, 1.82) is 0 Å². The number of methoxy groups -OCH3 is 1. The van der Waals surface area contributed by atoms with Crippen molar-refractivity contribution in [3.63, 3.8) is 0 Å². The third-order valence-electron chi connectivity index (χ3n) is 7.21. The summed E-state index contributed by atoms with van der Waals surface area (Å²) in [7, 11) is 1.66. The summed E-state index contributed by atoms with van der Waals surface area (Å²) < 4.78 is 11.4. The summed E-state index contributed by atoms with van der Waals surface area (Å²) in [5.74, 6) is -0.103. The van der Waals surface area contributed by atoms with Gasteiger partial charge in [0.15, 0.2) is 0 Å². The van der Waals surface area contributed by atoms with E-state index in [2.05, 4.69) is 17.0 Å². The largest absolute Gasteiger partial charge is 0.497 e. The summed E-state index contributed by atoms with van der Waals surface area (Å²) in [4.78, 5) is 24.5. The van der Waals surface area contributed by atoms with Crippen molar-refractivity contribution in [2.24, 2.45) is 0 Å². The van der Waals surface area contributed by atoms with Crippen LogP contribution in [0.15, 0.2) is 97.1 Å². The highest BCUT2D eigenvalue weighted by Crippen LogP contribution is 2.25. The molecule has 0 saturated carbocycles. The molecule has 4 rings (SSSR count). The van der Waals surface area contributed by atoms with Crippen LogP contribution in [0.4, 0.5) is 0 Å².